The van der Waals surface area contributed by atoms with Gasteiger partial charge in [-0.15, -0.1) is 0 Å². The number of hydrogen-bond donors (Lipinski definition) is 1. The van der Waals surface area contributed by atoms with E-state index in [2.05, 4.69) is 10.4 Å². The minimum absolute atomic E-state index is 0.0209. The van der Waals surface area contributed by atoms with Gasteiger partial charge in [0.05, 0.1) is 28.7 Å². The summed E-state index contributed by atoms with van der Waals surface area (Å²) in [6, 6.07) is 5.11. The normalized spacial score (nSPS) is 21.1. The molecule has 1 fully saturated rings. The smallest absolute Gasteiger partial charge is 0.333 e. The highest BCUT2D eigenvalue weighted by atomic mass is 19.4. The fourth-order valence-corrected chi connectivity index (χ4v) is 3.19. The quantitative estimate of drug-likeness (QED) is 0.889. The summed E-state index contributed by atoms with van der Waals surface area (Å²) in [5, 5.41) is 7.47. The third-order valence-corrected chi connectivity index (χ3v) is 4.95. The number of amides is 1. The summed E-state index contributed by atoms with van der Waals surface area (Å²) in [5.41, 5.74) is 0.455. The highest BCUT2D eigenvalue weighted by Gasteiger charge is 2.32. The largest absolute Gasteiger partial charge is 0.416 e. The van der Waals surface area contributed by atoms with Crippen molar-refractivity contribution < 1.29 is 18.0 Å². The monoisotopic (exact) mass is 366 g/mol. The molecule has 2 unspecified atom stereocenters. The Hall–Kier alpha value is -2.35. The Morgan fingerprint density at radius 2 is 2.04 bits per heavy atom. The fraction of sp³-hybridized carbons (Fsp3) is 0.444. The molecule has 1 saturated heterocycles. The number of halogens is 3. The highest BCUT2D eigenvalue weighted by Crippen LogP contribution is 2.30. The first-order valence-electron chi connectivity index (χ1n) is 8.46. The lowest BCUT2D eigenvalue weighted by Gasteiger charge is -2.38. The second-order valence-electron chi connectivity index (χ2n) is 6.59. The van der Waals surface area contributed by atoms with E-state index < -0.39 is 11.7 Å². The molecule has 0 spiro atoms. The van der Waals surface area contributed by atoms with E-state index in [1.54, 1.807) is 17.9 Å². The number of aromatic nitrogens is 2. The molecule has 3 rings (SSSR count). The molecule has 8 heteroatoms. The van der Waals surface area contributed by atoms with Crippen molar-refractivity contribution in [3.05, 3.63) is 47.3 Å². The van der Waals surface area contributed by atoms with Crippen LogP contribution in [0.4, 0.5) is 13.2 Å². The van der Waals surface area contributed by atoms with Crippen molar-refractivity contribution in [2.45, 2.75) is 39.0 Å². The van der Waals surface area contributed by atoms with E-state index >= 15 is 0 Å². The van der Waals surface area contributed by atoms with Gasteiger partial charge in [-0.2, -0.15) is 18.3 Å². The topological polar surface area (TPSA) is 50.2 Å². The molecule has 1 aliphatic rings. The molecule has 2 heterocycles. The van der Waals surface area contributed by atoms with Crippen LogP contribution in [-0.4, -0.2) is 45.8 Å². The molecular weight excluding hydrogens is 345 g/mol. The van der Waals surface area contributed by atoms with Crippen molar-refractivity contribution in [2.75, 3.05) is 13.1 Å². The van der Waals surface area contributed by atoms with Crippen LogP contribution in [0.5, 0.6) is 0 Å². The van der Waals surface area contributed by atoms with Crippen LogP contribution in [0, 0.1) is 6.92 Å². The third kappa shape index (κ3) is 3.33. The van der Waals surface area contributed by atoms with Crippen LogP contribution in [0.1, 0.15) is 35.5 Å². The molecule has 1 aromatic carbocycles. The highest BCUT2D eigenvalue weighted by molar-refractivity contribution is 5.95. The van der Waals surface area contributed by atoms with Crippen LogP contribution in [0.3, 0.4) is 0 Å². The van der Waals surface area contributed by atoms with Gasteiger partial charge in [0.2, 0.25) is 0 Å². The first kappa shape index (κ1) is 18.4. The molecule has 0 radical (unpaired) electrons. The van der Waals surface area contributed by atoms with Gasteiger partial charge in [0.15, 0.2) is 0 Å². The van der Waals surface area contributed by atoms with Gasteiger partial charge in [-0.1, -0.05) is 6.07 Å². The van der Waals surface area contributed by atoms with Crippen molar-refractivity contribution in [1.29, 1.82) is 0 Å². The summed E-state index contributed by atoms with van der Waals surface area (Å²) in [5.74, 6) is -0.151. The third-order valence-electron chi connectivity index (χ3n) is 4.95. The number of carbonyl (C=O) groups is 1. The lowest BCUT2D eigenvalue weighted by atomic mass is 10.1. The molecule has 1 aromatic heterocycles. The van der Waals surface area contributed by atoms with Crippen LogP contribution >= 0.6 is 0 Å². The second kappa shape index (κ2) is 6.75. The maximum Gasteiger partial charge on any atom is 0.416 e. The summed E-state index contributed by atoms with van der Waals surface area (Å²) in [6.45, 7) is 6.97. The minimum atomic E-state index is -4.43. The van der Waals surface area contributed by atoms with Crippen LogP contribution < -0.4 is 5.32 Å². The molecule has 5 nitrogen and oxygen atoms in total. The van der Waals surface area contributed by atoms with Gasteiger partial charge in [0.1, 0.15) is 0 Å². The molecule has 0 bridgehead atoms. The number of hydrogen-bond acceptors (Lipinski definition) is 3. The zero-order valence-corrected chi connectivity index (χ0v) is 14.8. The van der Waals surface area contributed by atoms with Gasteiger partial charge in [-0.05, 0) is 39.0 Å². The Morgan fingerprint density at radius 1 is 1.31 bits per heavy atom. The zero-order chi connectivity index (χ0) is 19.1. The molecule has 2 atom stereocenters. The molecule has 0 saturated carbocycles. The molecule has 26 heavy (non-hydrogen) atoms. The summed E-state index contributed by atoms with van der Waals surface area (Å²) in [7, 11) is 0. The lowest BCUT2D eigenvalue weighted by Crippen LogP contribution is -2.57. The van der Waals surface area contributed by atoms with Crippen molar-refractivity contribution in [1.82, 2.24) is 20.0 Å². The zero-order valence-electron chi connectivity index (χ0n) is 14.8. The van der Waals surface area contributed by atoms with Crippen LogP contribution in [0.15, 0.2) is 30.5 Å². The minimum Gasteiger partial charge on any atom is -0.333 e. The van der Waals surface area contributed by atoms with Gasteiger partial charge < -0.3 is 10.2 Å². The molecule has 1 amide bonds. The first-order chi connectivity index (χ1) is 12.2. The van der Waals surface area contributed by atoms with E-state index in [9.17, 15) is 18.0 Å². The fourth-order valence-electron chi connectivity index (χ4n) is 3.19. The van der Waals surface area contributed by atoms with Gasteiger partial charge in [0.25, 0.3) is 5.91 Å². The van der Waals surface area contributed by atoms with Crippen molar-refractivity contribution in [2.24, 2.45) is 0 Å². The van der Waals surface area contributed by atoms with Gasteiger partial charge in [0, 0.05) is 25.2 Å². The number of piperazine rings is 1. The van der Waals surface area contributed by atoms with Crippen LogP contribution in [-0.2, 0) is 6.18 Å². The summed E-state index contributed by atoms with van der Waals surface area (Å²) < 4.78 is 40.2. The Bertz CT molecular complexity index is 815. The number of benzene rings is 1. The number of alkyl halides is 3. The molecule has 1 aliphatic heterocycles. The molecule has 1 N–H and O–H groups in total. The van der Waals surface area contributed by atoms with Gasteiger partial charge >= 0.3 is 6.18 Å². The van der Waals surface area contributed by atoms with E-state index in [1.807, 2.05) is 13.8 Å². The van der Waals surface area contributed by atoms with E-state index in [0.717, 1.165) is 12.1 Å². The van der Waals surface area contributed by atoms with Crippen LogP contribution in [0.2, 0.25) is 0 Å². The summed E-state index contributed by atoms with van der Waals surface area (Å²) >= 11 is 0. The summed E-state index contributed by atoms with van der Waals surface area (Å²) in [6.07, 6.45) is -3.00. The maximum atomic E-state index is 12.9. The van der Waals surface area contributed by atoms with Gasteiger partial charge in [-0.3, -0.25) is 4.79 Å². The standard InChI is InChI=1S/C18H21F3N4O/c1-11-12(2)24(8-7-22-11)17(26)16-10-23-25(13(16)3)15-6-4-5-14(9-15)18(19,20)21/h4-6,9-12,22H,7-8H2,1-3H3. The van der Waals surface area contributed by atoms with Crippen molar-refractivity contribution >= 4 is 5.91 Å². The van der Waals surface area contributed by atoms with Crippen molar-refractivity contribution in [3.8, 4) is 5.69 Å². The number of nitrogens with one attached hydrogen (secondary N) is 1. The Kier molecular flexibility index (Phi) is 4.79. The maximum absolute atomic E-state index is 12.9. The predicted octanol–water partition coefficient (Wildman–Crippen LogP) is 3.02. The first-order valence-corrected chi connectivity index (χ1v) is 8.46. The Labute approximate surface area is 149 Å². The number of carbonyl (C=O) groups excluding carboxylic acids is 1. The molecule has 2 aromatic rings. The van der Waals surface area contributed by atoms with E-state index in [1.165, 1.54) is 16.9 Å². The average molecular weight is 366 g/mol. The molecule has 140 valence electrons. The van der Waals surface area contributed by atoms with E-state index in [-0.39, 0.29) is 23.7 Å². The van der Waals surface area contributed by atoms with Crippen LogP contribution in [0.25, 0.3) is 5.69 Å². The number of nitrogens with zero attached hydrogens (tertiary/aromatic N) is 3. The van der Waals surface area contributed by atoms with Gasteiger partial charge in [-0.25, -0.2) is 4.68 Å². The molecular formula is C18H21F3N4O. The average Bonchev–Trinajstić information content (AvgIpc) is 2.97. The second-order valence-corrected chi connectivity index (χ2v) is 6.59. The predicted molar refractivity (Wildman–Crippen MR) is 91.3 cm³/mol. The summed E-state index contributed by atoms with van der Waals surface area (Å²) in [4.78, 5) is 14.7. The Balaban J connectivity index is 1.92. The SMILES string of the molecule is Cc1c(C(=O)N2CCNC(C)C2C)cnn1-c1cccc(C(F)(F)F)c1. The molecule has 0 aliphatic carbocycles. The van der Waals surface area contributed by atoms with Crippen molar-refractivity contribution in [3.63, 3.8) is 0 Å². The Morgan fingerprint density at radius 3 is 2.73 bits per heavy atom. The number of rotatable bonds is 2. The van der Waals surface area contributed by atoms with E-state index in [0.29, 0.717) is 24.3 Å². The van der Waals surface area contributed by atoms with E-state index in [4.69, 9.17) is 0 Å². The lowest BCUT2D eigenvalue weighted by molar-refractivity contribution is -0.137.